The Balaban J connectivity index is 1.39. The molecule has 4 aromatic rings. The van der Waals surface area contributed by atoms with E-state index in [0.717, 1.165) is 36.2 Å². The van der Waals surface area contributed by atoms with Gasteiger partial charge in [-0.3, -0.25) is 4.98 Å². The van der Waals surface area contributed by atoms with Crippen LogP contribution in [0.15, 0.2) is 18.7 Å². The van der Waals surface area contributed by atoms with Crippen LogP contribution in [0.1, 0.15) is 85.7 Å². The van der Waals surface area contributed by atoms with E-state index in [1.807, 2.05) is 4.52 Å². The number of hydrogen-bond acceptors (Lipinski definition) is 4. The van der Waals surface area contributed by atoms with Crippen molar-refractivity contribution in [3.05, 3.63) is 46.7 Å². The summed E-state index contributed by atoms with van der Waals surface area (Å²) in [7, 11) is 0. The van der Waals surface area contributed by atoms with Crippen molar-refractivity contribution in [1.82, 2.24) is 24.6 Å². The monoisotopic (exact) mass is 471 g/mol. The van der Waals surface area contributed by atoms with Gasteiger partial charge >= 0.3 is 0 Å². The van der Waals surface area contributed by atoms with Crippen molar-refractivity contribution in [2.45, 2.75) is 78.6 Å². The summed E-state index contributed by atoms with van der Waals surface area (Å²) in [5, 5.41) is 5.80. The lowest BCUT2D eigenvalue weighted by Gasteiger charge is -2.34. The Labute approximate surface area is 207 Å². The Hall–Kier alpha value is -2.73. The summed E-state index contributed by atoms with van der Waals surface area (Å²) < 4.78 is 7.30. The molecule has 0 aromatic carbocycles. The number of ether oxygens (including phenoxy) is 1. The number of hydrogen-bond donors (Lipinski definition) is 1. The second-order valence-electron chi connectivity index (χ2n) is 11.3. The highest BCUT2D eigenvalue weighted by Crippen LogP contribution is 2.43. The van der Waals surface area contributed by atoms with E-state index in [4.69, 9.17) is 9.72 Å². The summed E-state index contributed by atoms with van der Waals surface area (Å²) in [5.41, 5.74) is 10.9. The topological polar surface area (TPSA) is 68.1 Å². The molecule has 1 aliphatic heterocycles. The van der Waals surface area contributed by atoms with Crippen molar-refractivity contribution < 1.29 is 4.74 Å². The van der Waals surface area contributed by atoms with Crippen molar-refractivity contribution in [3.63, 3.8) is 0 Å². The van der Waals surface area contributed by atoms with E-state index in [9.17, 15) is 0 Å². The number of nitrogens with zero attached hydrogens (tertiary/aromatic N) is 4. The van der Waals surface area contributed by atoms with E-state index in [1.54, 1.807) is 6.33 Å². The molecule has 6 rings (SSSR count). The van der Waals surface area contributed by atoms with Crippen LogP contribution in [-0.4, -0.2) is 37.8 Å². The number of nitrogens with one attached hydrogen (secondary N) is 1. The minimum absolute atomic E-state index is 0.388. The predicted octanol–water partition coefficient (Wildman–Crippen LogP) is 6.63. The highest BCUT2D eigenvalue weighted by molar-refractivity contribution is 5.94. The SMILES string of the molecule is Cc1c(-c2[nH]c3cnc(C4CCC(CC5COC5)CC4)c(C)c3c2C(C)C)cn2ncnc2c1C. The van der Waals surface area contributed by atoms with Crippen molar-refractivity contribution >= 4 is 16.6 Å². The molecular weight excluding hydrogens is 434 g/mol. The van der Waals surface area contributed by atoms with Gasteiger partial charge in [0.1, 0.15) is 6.33 Å². The molecule has 1 saturated carbocycles. The molecule has 1 N–H and O–H groups in total. The smallest absolute Gasteiger partial charge is 0.158 e. The first kappa shape index (κ1) is 22.7. The molecule has 0 radical (unpaired) electrons. The maximum absolute atomic E-state index is 5.40. The number of aryl methyl sites for hydroxylation is 2. The molecule has 6 nitrogen and oxygen atoms in total. The highest BCUT2D eigenvalue weighted by Gasteiger charge is 2.30. The van der Waals surface area contributed by atoms with Crippen LogP contribution < -0.4 is 0 Å². The van der Waals surface area contributed by atoms with E-state index < -0.39 is 0 Å². The van der Waals surface area contributed by atoms with Gasteiger partial charge in [-0.05, 0) is 87.0 Å². The average molecular weight is 472 g/mol. The summed E-state index contributed by atoms with van der Waals surface area (Å²) in [6.45, 7) is 13.2. The first-order valence-corrected chi connectivity index (χ1v) is 13.3. The zero-order valence-electron chi connectivity index (χ0n) is 21.7. The first-order valence-electron chi connectivity index (χ1n) is 13.3. The van der Waals surface area contributed by atoms with Crippen molar-refractivity contribution in [3.8, 4) is 11.3 Å². The average Bonchev–Trinajstić information content (AvgIpc) is 3.45. The maximum atomic E-state index is 5.40. The second kappa shape index (κ2) is 8.74. The van der Waals surface area contributed by atoms with Crippen LogP contribution >= 0.6 is 0 Å². The molecule has 0 unspecified atom stereocenters. The zero-order valence-corrected chi connectivity index (χ0v) is 21.7. The number of fused-ring (bicyclic) bond motifs is 2. The summed E-state index contributed by atoms with van der Waals surface area (Å²) in [6, 6.07) is 0. The molecule has 184 valence electrons. The summed E-state index contributed by atoms with van der Waals surface area (Å²) in [5.74, 6) is 2.64. The third kappa shape index (κ3) is 3.77. The molecule has 2 aliphatic rings. The number of aromatic nitrogens is 5. The van der Waals surface area contributed by atoms with E-state index in [-0.39, 0.29) is 0 Å². The van der Waals surface area contributed by atoms with Crippen LogP contribution in [0.2, 0.25) is 0 Å². The molecule has 0 spiro atoms. The third-order valence-corrected chi connectivity index (χ3v) is 8.74. The second-order valence-corrected chi connectivity index (χ2v) is 11.3. The lowest BCUT2D eigenvalue weighted by atomic mass is 9.75. The van der Waals surface area contributed by atoms with E-state index in [2.05, 4.69) is 62.1 Å². The summed E-state index contributed by atoms with van der Waals surface area (Å²) in [6.07, 6.45) is 12.4. The summed E-state index contributed by atoms with van der Waals surface area (Å²) >= 11 is 0. The third-order valence-electron chi connectivity index (χ3n) is 8.74. The zero-order chi connectivity index (χ0) is 24.3. The van der Waals surface area contributed by atoms with Crippen molar-refractivity contribution in [2.75, 3.05) is 13.2 Å². The van der Waals surface area contributed by atoms with Gasteiger partial charge in [0.2, 0.25) is 0 Å². The van der Waals surface area contributed by atoms with Crippen LogP contribution in [-0.2, 0) is 4.74 Å². The normalized spacial score (nSPS) is 21.3. The van der Waals surface area contributed by atoms with Gasteiger partial charge in [0.05, 0.1) is 30.6 Å². The molecule has 35 heavy (non-hydrogen) atoms. The van der Waals surface area contributed by atoms with Crippen LogP contribution in [0.5, 0.6) is 0 Å². The lowest BCUT2D eigenvalue weighted by molar-refractivity contribution is -0.0448. The number of H-pyrrole nitrogens is 1. The van der Waals surface area contributed by atoms with Crippen molar-refractivity contribution in [2.24, 2.45) is 11.8 Å². The molecule has 4 aromatic heterocycles. The van der Waals surface area contributed by atoms with E-state index in [0.29, 0.717) is 11.8 Å². The summed E-state index contributed by atoms with van der Waals surface area (Å²) in [4.78, 5) is 13.3. The van der Waals surface area contributed by atoms with Gasteiger partial charge in [0.15, 0.2) is 5.65 Å². The minimum Gasteiger partial charge on any atom is -0.381 e. The fraction of sp³-hybridized carbons (Fsp3) is 0.552. The molecule has 2 fully saturated rings. The Morgan fingerprint density at radius 2 is 1.77 bits per heavy atom. The predicted molar refractivity (Wildman–Crippen MR) is 140 cm³/mol. The van der Waals surface area contributed by atoms with Gasteiger partial charge in [-0.15, -0.1) is 0 Å². The molecule has 6 heteroatoms. The standard InChI is InChI=1S/C29H37N5O/c1-16(2)25-26-19(5)27(22-8-6-20(7-9-22)10-21-13-35-14-21)30-11-24(26)33-28(25)23-12-34-29(31-15-32-34)18(4)17(23)3/h11-12,15-16,20-22,33H,6-10,13-14H2,1-5H3. The Kier molecular flexibility index (Phi) is 5.67. The van der Waals surface area contributed by atoms with Gasteiger partial charge in [0.25, 0.3) is 0 Å². The number of pyridine rings is 2. The number of rotatable bonds is 5. The quantitative estimate of drug-likeness (QED) is 0.355. The molecule has 1 aliphatic carbocycles. The first-order chi connectivity index (χ1) is 16.9. The van der Waals surface area contributed by atoms with Crippen LogP contribution in [0.3, 0.4) is 0 Å². The highest BCUT2D eigenvalue weighted by atomic mass is 16.5. The van der Waals surface area contributed by atoms with Crippen LogP contribution in [0.25, 0.3) is 27.8 Å². The fourth-order valence-electron chi connectivity index (χ4n) is 6.61. The van der Waals surface area contributed by atoms with Gasteiger partial charge in [-0.2, -0.15) is 5.10 Å². The number of aromatic amines is 1. The minimum atomic E-state index is 0.388. The van der Waals surface area contributed by atoms with Crippen molar-refractivity contribution in [1.29, 1.82) is 0 Å². The van der Waals surface area contributed by atoms with Gasteiger partial charge in [0, 0.05) is 34.7 Å². The molecular formula is C29H37N5O. The lowest BCUT2D eigenvalue weighted by Crippen LogP contribution is -2.30. The van der Waals surface area contributed by atoms with Crippen LogP contribution in [0, 0.1) is 32.6 Å². The van der Waals surface area contributed by atoms with Gasteiger partial charge < -0.3 is 9.72 Å². The Morgan fingerprint density at radius 1 is 1.00 bits per heavy atom. The largest absolute Gasteiger partial charge is 0.381 e. The molecule has 0 bridgehead atoms. The van der Waals surface area contributed by atoms with E-state index >= 15 is 0 Å². The van der Waals surface area contributed by atoms with Crippen LogP contribution in [0.4, 0.5) is 0 Å². The molecule has 0 atom stereocenters. The Bertz CT molecular complexity index is 1390. The van der Waals surface area contributed by atoms with E-state index in [1.165, 1.54) is 76.7 Å². The fourth-order valence-corrected chi connectivity index (χ4v) is 6.61. The Morgan fingerprint density at radius 3 is 2.46 bits per heavy atom. The molecule has 5 heterocycles. The molecule has 0 amide bonds. The van der Waals surface area contributed by atoms with Gasteiger partial charge in [-0.1, -0.05) is 13.8 Å². The van der Waals surface area contributed by atoms with Gasteiger partial charge in [-0.25, -0.2) is 9.50 Å². The molecule has 1 saturated heterocycles. The maximum Gasteiger partial charge on any atom is 0.158 e.